The van der Waals surface area contributed by atoms with Crippen LogP contribution in [0.15, 0.2) is 4.79 Å². The molecule has 4 nitrogen and oxygen atoms in total. The van der Waals surface area contributed by atoms with E-state index in [0.717, 1.165) is 5.82 Å². The minimum absolute atomic E-state index is 0.0208. The Bertz CT molecular complexity index is 270. The number of aromatic amines is 1. The minimum atomic E-state index is -0.0208. The number of hydrogen-bond acceptors (Lipinski definition) is 1. The van der Waals surface area contributed by atoms with E-state index in [0.29, 0.717) is 0 Å². The lowest BCUT2D eigenvalue weighted by molar-refractivity contribution is -0.496. The molecule has 0 bridgehead atoms. The van der Waals surface area contributed by atoms with Crippen LogP contribution in [0.4, 0.5) is 0 Å². The molecule has 0 aliphatic rings. The SMILES string of the molecule is Cc1[nH+]n(C)c(=O)n1C. The van der Waals surface area contributed by atoms with Gasteiger partial charge in [-0.2, -0.15) is 9.67 Å². The monoisotopic (exact) mass is 128 g/mol. The average Bonchev–Trinajstić information content (AvgIpc) is 1.98. The first-order valence-corrected chi connectivity index (χ1v) is 2.74. The summed E-state index contributed by atoms with van der Waals surface area (Å²) in [4.78, 5) is 10.9. The molecule has 9 heavy (non-hydrogen) atoms. The summed E-state index contributed by atoms with van der Waals surface area (Å²) >= 11 is 0. The second-order valence-electron chi connectivity index (χ2n) is 2.10. The van der Waals surface area contributed by atoms with E-state index < -0.39 is 0 Å². The fourth-order valence-electron chi connectivity index (χ4n) is 0.734. The van der Waals surface area contributed by atoms with E-state index in [-0.39, 0.29) is 5.69 Å². The Hall–Kier alpha value is -1.06. The third-order valence-corrected chi connectivity index (χ3v) is 1.41. The van der Waals surface area contributed by atoms with Gasteiger partial charge in [-0.25, -0.2) is 4.79 Å². The number of nitrogens with zero attached hydrogens (tertiary/aromatic N) is 2. The van der Waals surface area contributed by atoms with Crippen LogP contribution >= 0.6 is 0 Å². The molecule has 1 rings (SSSR count). The van der Waals surface area contributed by atoms with E-state index in [4.69, 9.17) is 0 Å². The van der Waals surface area contributed by atoms with Gasteiger partial charge >= 0.3 is 5.69 Å². The summed E-state index contributed by atoms with van der Waals surface area (Å²) in [6.45, 7) is 1.85. The molecule has 0 saturated carbocycles. The first-order valence-electron chi connectivity index (χ1n) is 2.74. The van der Waals surface area contributed by atoms with Gasteiger partial charge in [-0.15, -0.1) is 4.68 Å². The highest BCUT2D eigenvalue weighted by Crippen LogP contribution is 1.73. The zero-order valence-electron chi connectivity index (χ0n) is 5.80. The third-order valence-electron chi connectivity index (χ3n) is 1.41. The van der Waals surface area contributed by atoms with Gasteiger partial charge in [0.15, 0.2) is 0 Å². The molecule has 1 N–H and O–H groups in total. The molecule has 0 saturated heterocycles. The highest BCUT2D eigenvalue weighted by atomic mass is 16.2. The summed E-state index contributed by atoms with van der Waals surface area (Å²) in [5, 5.41) is 2.84. The van der Waals surface area contributed by atoms with Crippen LogP contribution in [-0.4, -0.2) is 9.25 Å². The van der Waals surface area contributed by atoms with Crippen molar-refractivity contribution in [3.63, 3.8) is 0 Å². The van der Waals surface area contributed by atoms with E-state index in [1.54, 1.807) is 18.7 Å². The largest absolute Gasteiger partial charge is 0.445 e. The molecule has 0 aliphatic carbocycles. The first-order chi connectivity index (χ1) is 4.13. The fraction of sp³-hybridized carbons (Fsp3) is 0.600. The molecule has 0 unspecified atom stereocenters. The lowest BCUT2D eigenvalue weighted by Gasteiger charge is -1.74. The average molecular weight is 128 g/mol. The normalized spacial score (nSPS) is 10.1. The van der Waals surface area contributed by atoms with E-state index in [1.165, 1.54) is 4.68 Å². The fourth-order valence-corrected chi connectivity index (χ4v) is 0.734. The van der Waals surface area contributed by atoms with Crippen molar-refractivity contribution < 1.29 is 5.10 Å². The summed E-state index contributed by atoms with van der Waals surface area (Å²) in [6, 6.07) is 0. The molecule has 1 aromatic rings. The maximum absolute atomic E-state index is 10.9. The molecule has 0 spiro atoms. The quantitative estimate of drug-likeness (QED) is 0.435. The smallest absolute Gasteiger partial charge is 0.217 e. The Morgan fingerprint density at radius 3 is 2.11 bits per heavy atom. The number of aromatic nitrogens is 3. The number of nitrogens with one attached hydrogen (secondary N) is 1. The Kier molecular flexibility index (Phi) is 1.16. The Morgan fingerprint density at radius 2 is 2.00 bits per heavy atom. The second kappa shape index (κ2) is 1.72. The topological polar surface area (TPSA) is 41.1 Å². The molecule has 50 valence electrons. The van der Waals surface area contributed by atoms with Gasteiger partial charge < -0.3 is 0 Å². The Balaban J connectivity index is 3.48. The van der Waals surface area contributed by atoms with Crippen molar-refractivity contribution in [2.75, 3.05) is 0 Å². The third kappa shape index (κ3) is 0.759. The summed E-state index contributed by atoms with van der Waals surface area (Å²) in [6.07, 6.45) is 0. The summed E-state index contributed by atoms with van der Waals surface area (Å²) < 4.78 is 3.00. The number of rotatable bonds is 0. The van der Waals surface area contributed by atoms with Gasteiger partial charge in [-0.1, -0.05) is 0 Å². The summed E-state index contributed by atoms with van der Waals surface area (Å²) in [7, 11) is 3.42. The van der Waals surface area contributed by atoms with Crippen molar-refractivity contribution in [2.24, 2.45) is 14.1 Å². The van der Waals surface area contributed by atoms with Gasteiger partial charge in [0.2, 0.25) is 0 Å². The van der Waals surface area contributed by atoms with Crippen molar-refractivity contribution in [2.45, 2.75) is 6.92 Å². The molecule has 1 aromatic heterocycles. The van der Waals surface area contributed by atoms with Crippen LogP contribution in [-0.2, 0) is 14.1 Å². The molecule has 0 amide bonds. The second-order valence-corrected chi connectivity index (χ2v) is 2.10. The van der Waals surface area contributed by atoms with Crippen molar-refractivity contribution in [1.82, 2.24) is 9.25 Å². The molecule has 0 fully saturated rings. The predicted molar refractivity (Wildman–Crippen MR) is 31.9 cm³/mol. The maximum Gasteiger partial charge on any atom is 0.445 e. The van der Waals surface area contributed by atoms with Crippen LogP contribution in [0.1, 0.15) is 5.82 Å². The van der Waals surface area contributed by atoms with E-state index >= 15 is 0 Å². The number of aryl methyl sites for hydroxylation is 2. The van der Waals surface area contributed by atoms with Crippen LogP contribution in [0.25, 0.3) is 0 Å². The van der Waals surface area contributed by atoms with Gasteiger partial charge in [-0.3, -0.25) is 0 Å². The first kappa shape index (κ1) is 6.07. The van der Waals surface area contributed by atoms with Gasteiger partial charge in [0.25, 0.3) is 5.82 Å². The van der Waals surface area contributed by atoms with Crippen LogP contribution in [0.5, 0.6) is 0 Å². The van der Waals surface area contributed by atoms with Crippen LogP contribution < -0.4 is 10.8 Å². The van der Waals surface area contributed by atoms with E-state index in [2.05, 4.69) is 5.10 Å². The highest BCUT2D eigenvalue weighted by molar-refractivity contribution is 4.70. The highest BCUT2D eigenvalue weighted by Gasteiger charge is 2.07. The van der Waals surface area contributed by atoms with Crippen molar-refractivity contribution in [3.05, 3.63) is 16.3 Å². The van der Waals surface area contributed by atoms with E-state index in [9.17, 15) is 4.79 Å². The molecule has 0 atom stereocenters. The maximum atomic E-state index is 10.9. The summed E-state index contributed by atoms with van der Waals surface area (Å²) in [5.74, 6) is 0.863. The van der Waals surface area contributed by atoms with E-state index in [1.807, 2.05) is 6.92 Å². The molecule has 4 heteroatoms. The zero-order valence-corrected chi connectivity index (χ0v) is 5.80. The molecule has 0 aromatic carbocycles. The standard InChI is InChI=1S/C5H9N3O/c1-4-6-8(3)5(9)7(4)2/h1-3H3/p+1. The zero-order chi connectivity index (χ0) is 7.02. The number of hydrogen-bond donors (Lipinski definition) is 0. The lowest BCUT2D eigenvalue weighted by atomic mass is 10.7. The molecule has 0 radical (unpaired) electrons. The van der Waals surface area contributed by atoms with Crippen molar-refractivity contribution in [1.29, 1.82) is 0 Å². The molecule has 1 heterocycles. The van der Waals surface area contributed by atoms with Crippen molar-refractivity contribution in [3.8, 4) is 0 Å². The molecular formula is C5H10N3O+. The molecular weight excluding hydrogens is 118 g/mol. The predicted octanol–water partition coefficient (Wildman–Crippen LogP) is -1.15. The molecule has 0 aliphatic heterocycles. The van der Waals surface area contributed by atoms with Gasteiger partial charge in [0.1, 0.15) is 0 Å². The van der Waals surface area contributed by atoms with Gasteiger partial charge in [0, 0.05) is 6.92 Å². The van der Waals surface area contributed by atoms with Gasteiger partial charge in [0.05, 0.1) is 14.1 Å². The minimum Gasteiger partial charge on any atom is -0.217 e. The Labute approximate surface area is 52.7 Å². The van der Waals surface area contributed by atoms with Gasteiger partial charge in [-0.05, 0) is 0 Å². The Morgan fingerprint density at radius 1 is 1.44 bits per heavy atom. The van der Waals surface area contributed by atoms with Crippen LogP contribution in [0, 0.1) is 6.92 Å². The van der Waals surface area contributed by atoms with Crippen LogP contribution in [0.3, 0.4) is 0 Å². The lowest BCUT2D eigenvalue weighted by Crippen LogP contribution is -2.26. The van der Waals surface area contributed by atoms with Crippen LogP contribution in [0.2, 0.25) is 0 Å². The summed E-state index contributed by atoms with van der Waals surface area (Å²) in [5.41, 5.74) is -0.0208. The number of H-pyrrole nitrogens is 1. The van der Waals surface area contributed by atoms with Crippen molar-refractivity contribution >= 4 is 0 Å².